The van der Waals surface area contributed by atoms with Crippen LogP contribution in [0.5, 0.6) is 0 Å². The second-order valence-corrected chi connectivity index (χ2v) is 5.34. The van der Waals surface area contributed by atoms with Gasteiger partial charge in [0.05, 0.1) is 18.2 Å². The van der Waals surface area contributed by atoms with Gasteiger partial charge in [-0.05, 0) is 41.8 Å². The van der Waals surface area contributed by atoms with E-state index in [4.69, 9.17) is 9.15 Å². The minimum Gasteiger partial charge on any atom is -0.469 e. The lowest BCUT2D eigenvalue weighted by molar-refractivity contribution is -0.147. The van der Waals surface area contributed by atoms with Gasteiger partial charge in [0.2, 0.25) is 0 Å². The third-order valence-corrected chi connectivity index (χ3v) is 3.80. The summed E-state index contributed by atoms with van der Waals surface area (Å²) < 4.78 is 12.4. The van der Waals surface area contributed by atoms with E-state index in [0.29, 0.717) is 11.9 Å². The first kappa shape index (κ1) is 11.6. The number of furan rings is 1. The number of nitrogens with zero attached hydrogens (tertiary/aromatic N) is 4. The maximum Gasteiger partial charge on any atom is 0.310 e. The van der Waals surface area contributed by atoms with E-state index in [0.717, 1.165) is 25.0 Å². The monoisotopic (exact) mass is 274 g/mol. The highest BCUT2D eigenvalue weighted by Crippen LogP contribution is 2.48. The molecule has 0 spiro atoms. The second-order valence-electron chi connectivity index (χ2n) is 5.34. The first-order valence-corrected chi connectivity index (χ1v) is 6.79. The minimum atomic E-state index is -0.197. The molecule has 2 aromatic rings. The Kier molecular flexibility index (Phi) is 2.58. The van der Waals surface area contributed by atoms with E-state index in [2.05, 4.69) is 15.5 Å². The van der Waals surface area contributed by atoms with Crippen LogP contribution in [0.25, 0.3) is 0 Å². The van der Waals surface area contributed by atoms with Crippen LogP contribution in [-0.4, -0.2) is 26.2 Å². The summed E-state index contributed by atoms with van der Waals surface area (Å²) in [5, 5.41) is 11.5. The Morgan fingerprint density at radius 2 is 2.40 bits per heavy atom. The van der Waals surface area contributed by atoms with Crippen LogP contribution in [0, 0.1) is 5.92 Å². The number of aromatic nitrogens is 4. The van der Waals surface area contributed by atoms with Crippen molar-refractivity contribution in [1.82, 2.24) is 20.2 Å². The smallest absolute Gasteiger partial charge is 0.310 e. The Balaban J connectivity index is 1.34. The molecule has 0 N–H and O–H groups in total. The van der Waals surface area contributed by atoms with Gasteiger partial charge in [0.15, 0.2) is 12.4 Å². The first-order valence-electron chi connectivity index (χ1n) is 6.79. The van der Waals surface area contributed by atoms with Crippen LogP contribution >= 0.6 is 0 Å². The maximum atomic E-state index is 12.0. The van der Waals surface area contributed by atoms with E-state index in [1.54, 1.807) is 10.9 Å². The molecule has 0 aromatic carbocycles. The van der Waals surface area contributed by atoms with Gasteiger partial charge in [-0.1, -0.05) is 0 Å². The summed E-state index contributed by atoms with van der Waals surface area (Å²) in [6, 6.07) is 4.11. The van der Waals surface area contributed by atoms with E-state index in [1.807, 2.05) is 12.1 Å². The van der Waals surface area contributed by atoms with Crippen LogP contribution in [0.1, 0.15) is 42.8 Å². The van der Waals surface area contributed by atoms with Crippen molar-refractivity contribution in [2.45, 2.75) is 37.8 Å². The van der Waals surface area contributed by atoms with Crippen LogP contribution in [0.3, 0.4) is 0 Å². The van der Waals surface area contributed by atoms with E-state index in [9.17, 15) is 4.79 Å². The van der Waals surface area contributed by atoms with Gasteiger partial charge in [-0.15, -0.1) is 5.10 Å². The Bertz CT molecular complexity index is 617. The molecule has 2 aliphatic carbocycles. The topological polar surface area (TPSA) is 83.0 Å². The number of ether oxygens (including phenoxy) is 1. The fourth-order valence-electron chi connectivity index (χ4n) is 2.42. The zero-order valence-electron chi connectivity index (χ0n) is 10.8. The molecule has 0 radical (unpaired) electrons. The largest absolute Gasteiger partial charge is 0.469 e. The molecule has 2 aliphatic rings. The Morgan fingerprint density at radius 3 is 3.15 bits per heavy atom. The van der Waals surface area contributed by atoms with Gasteiger partial charge in [0.1, 0.15) is 5.76 Å². The minimum absolute atomic E-state index is 0.0913. The predicted octanol–water partition coefficient (Wildman–Crippen LogP) is 1.45. The molecule has 20 heavy (non-hydrogen) atoms. The van der Waals surface area contributed by atoms with Crippen LogP contribution in [0.15, 0.2) is 22.8 Å². The average Bonchev–Trinajstić information content (AvgIpc) is 3.36. The molecule has 0 bridgehead atoms. The molecular weight excluding hydrogens is 260 g/mol. The number of hydrogen-bond donors (Lipinski definition) is 0. The second kappa shape index (κ2) is 4.43. The molecule has 104 valence electrons. The SMILES string of the molecule is O=C(OCc1nnnn1C1CC1)C1CC1c1ccco1. The van der Waals surface area contributed by atoms with Crippen molar-refractivity contribution in [2.75, 3.05) is 0 Å². The predicted molar refractivity (Wildman–Crippen MR) is 65.4 cm³/mol. The highest BCUT2D eigenvalue weighted by atomic mass is 16.5. The van der Waals surface area contributed by atoms with E-state index >= 15 is 0 Å². The summed E-state index contributed by atoms with van der Waals surface area (Å²) in [4.78, 5) is 12.0. The molecule has 2 atom stereocenters. The fourth-order valence-corrected chi connectivity index (χ4v) is 2.42. The quantitative estimate of drug-likeness (QED) is 0.767. The molecule has 2 unspecified atom stereocenters. The molecule has 0 aliphatic heterocycles. The standard InChI is InChI=1S/C13H14N4O3/c18-13(10-6-9(10)11-2-1-5-19-11)20-7-12-14-15-16-17(12)8-3-4-8/h1-2,5,8-10H,3-4,6-7H2. The molecule has 4 rings (SSSR count). The van der Waals surface area contributed by atoms with Gasteiger partial charge >= 0.3 is 5.97 Å². The molecule has 2 saturated carbocycles. The molecule has 7 nitrogen and oxygen atoms in total. The van der Waals surface area contributed by atoms with Crippen LogP contribution < -0.4 is 0 Å². The van der Waals surface area contributed by atoms with E-state index in [-0.39, 0.29) is 24.4 Å². The van der Waals surface area contributed by atoms with Crippen LogP contribution in [0.4, 0.5) is 0 Å². The van der Waals surface area contributed by atoms with Crippen molar-refractivity contribution in [3.63, 3.8) is 0 Å². The van der Waals surface area contributed by atoms with Gasteiger partial charge in [0.25, 0.3) is 0 Å². The normalized spacial score (nSPS) is 24.6. The Morgan fingerprint density at radius 1 is 1.50 bits per heavy atom. The molecule has 0 saturated heterocycles. The average molecular weight is 274 g/mol. The highest BCUT2D eigenvalue weighted by Gasteiger charge is 2.47. The summed E-state index contributed by atoms with van der Waals surface area (Å²) in [7, 11) is 0. The number of carbonyl (C=O) groups is 1. The zero-order chi connectivity index (χ0) is 13.5. The van der Waals surface area contributed by atoms with Gasteiger partial charge in [0, 0.05) is 5.92 Å². The molecule has 2 fully saturated rings. The molecule has 7 heteroatoms. The van der Waals surface area contributed by atoms with Crippen molar-refractivity contribution in [3.05, 3.63) is 30.0 Å². The zero-order valence-corrected chi connectivity index (χ0v) is 10.8. The van der Waals surface area contributed by atoms with Crippen molar-refractivity contribution < 1.29 is 13.9 Å². The van der Waals surface area contributed by atoms with Gasteiger partial charge in [-0.25, -0.2) is 4.68 Å². The number of carbonyl (C=O) groups excluding carboxylic acids is 1. The third kappa shape index (κ3) is 2.09. The number of tetrazole rings is 1. The van der Waals surface area contributed by atoms with Crippen molar-refractivity contribution in [3.8, 4) is 0 Å². The molecule has 0 amide bonds. The molecule has 2 aromatic heterocycles. The van der Waals surface area contributed by atoms with Crippen molar-refractivity contribution >= 4 is 5.97 Å². The summed E-state index contributed by atoms with van der Waals surface area (Å²) in [5.74, 6) is 1.35. The lowest BCUT2D eigenvalue weighted by atomic mass is 10.2. The van der Waals surface area contributed by atoms with Crippen molar-refractivity contribution in [1.29, 1.82) is 0 Å². The van der Waals surface area contributed by atoms with Crippen LogP contribution in [-0.2, 0) is 16.1 Å². The highest BCUT2D eigenvalue weighted by molar-refractivity contribution is 5.77. The molecular formula is C13H14N4O3. The Hall–Kier alpha value is -2.18. The summed E-state index contributed by atoms with van der Waals surface area (Å²) >= 11 is 0. The van der Waals surface area contributed by atoms with Gasteiger partial charge < -0.3 is 9.15 Å². The summed E-state index contributed by atoms with van der Waals surface area (Å²) in [6.07, 6.45) is 4.60. The fraction of sp³-hybridized carbons (Fsp3) is 0.538. The first-order chi connectivity index (χ1) is 9.83. The summed E-state index contributed by atoms with van der Waals surface area (Å²) in [6.45, 7) is 0.143. The molecule has 2 heterocycles. The van der Waals surface area contributed by atoms with E-state index < -0.39 is 0 Å². The maximum absolute atomic E-state index is 12.0. The van der Waals surface area contributed by atoms with Gasteiger partial charge in [-0.2, -0.15) is 0 Å². The number of rotatable bonds is 5. The van der Waals surface area contributed by atoms with Crippen molar-refractivity contribution in [2.24, 2.45) is 5.92 Å². The van der Waals surface area contributed by atoms with Crippen LogP contribution in [0.2, 0.25) is 0 Å². The number of esters is 1. The third-order valence-electron chi connectivity index (χ3n) is 3.80. The lowest BCUT2D eigenvalue weighted by Crippen LogP contribution is -2.11. The van der Waals surface area contributed by atoms with E-state index in [1.165, 1.54) is 0 Å². The van der Waals surface area contributed by atoms with Gasteiger partial charge in [-0.3, -0.25) is 4.79 Å². The summed E-state index contributed by atoms with van der Waals surface area (Å²) in [5.41, 5.74) is 0. The Labute approximate surface area is 114 Å². The number of hydrogen-bond acceptors (Lipinski definition) is 6. The lowest BCUT2D eigenvalue weighted by Gasteiger charge is -2.04.